The Balaban J connectivity index is 1.20. The van der Waals surface area contributed by atoms with E-state index in [9.17, 15) is 9.18 Å². The Morgan fingerprint density at radius 2 is 1.71 bits per heavy atom. The Hall–Kier alpha value is -3.60. The van der Waals surface area contributed by atoms with Crippen LogP contribution < -0.4 is 4.74 Å². The number of carbonyl (C=O) groups excluding carboxylic acids is 1. The average Bonchev–Trinajstić information content (AvgIpc) is 3.32. The Morgan fingerprint density at radius 1 is 1.00 bits per heavy atom. The van der Waals surface area contributed by atoms with Gasteiger partial charge in [-0.1, -0.05) is 54.6 Å². The highest BCUT2D eigenvalue weighted by atomic mass is 19.1. The minimum atomic E-state index is -0.318. The average molecular weight is 456 g/mol. The molecular weight excluding hydrogens is 429 g/mol. The number of halogens is 1. The lowest BCUT2D eigenvalue weighted by molar-refractivity contribution is 0.0866. The first-order chi connectivity index (χ1) is 16.6. The molecule has 0 radical (unpaired) electrons. The van der Waals surface area contributed by atoms with Crippen molar-refractivity contribution >= 4 is 11.7 Å². The predicted octanol–water partition coefficient (Wildman–Crippen LogP) is 6.40. The van der Waals surface area contributed by atoms with Gasteiger partial charge in [0.1, 0.15) is 18.2 Å². The summed E-state index contributed by atoms with van der Waals surface area (Å²) in [6.45, 7) is 0.320. The van der Waals surface area contributed by atoms with E-state index in [0.29, 0.717) is 18.8 Å². The third kappa shape index (κ3) is 3.47. The van der Waals surface area contributed by atoms with Crippen molar-refractivity contribution in [2.75, 3.05) is 13.7 Å². The monoisotopic (exact) mass is 455 g/mol. The number of ether oxygens (including phenoxy) is 2. The van der Waals surface area contributed by atoms with Gasteiger partial charge in [0.05, 0.1) is 13.2 Å². The van der Waals surface area contributed by atoms with Gasteiger partial charge in [0.25, 0.3) is 0 Å². The van der Waals surface area contributed by atoms with Crippen molar-refractivity contribution < 1.29 is 18.7 Å². The number of rotatable bonds is 4. The lowest BCUT2D eigenvalue weighted by atomic mass is 9.94. The van der Waals surface area contributed by atoms with Gasteiger partial charge in [0.2, 0.25) is 0 Å². The van der Waals surface area contributed by atoms with Crippen LogP contribution in [0.1, 0.15) is 41.9 Å². The van der Waals surface area contributed by atoms with E-state index in [2.05, 4.69) is 30.3 Å². The molecule has 2 unspecified atom stereocenters. The molecule has 1 saturated heterocycles. The van der Waals surface area contributed by atoms with Crippen molar-refractivity contribution in [3.05, 3.63) is 95.3 Å². The van der Waals surface area contributed by atoms with E-state index in [-0.39, 0.29) is 29.9 Å². The van der Waals surface area contributed by atoms with Crippen molar-refractivity contribution in [3.63, 3.8) is 0 Å². The number of nitrogens with zero attached hydrogens (tertiary/aromatic N) is 1. The molecule has 4 nitrogen and oxygen atoms in total. The zero-order valence-electron chi connectivity index (χ0n) is 19.0. The van der Waals surface area contributed by atoms with Crippen molar-refractivity contribution in [2.24, 2.45) is 0 Å². The van der Waals surface area contributed by atoms with E-state index >= 15 is 0 Å². The second-order valence-electron chi connectivity index (χ2n) is 9.29. The first-order valence-corrected chi connectivity index (χ1v) is 11.8. The highest BCUT2D eigenvalue weighted by Crippen LogP contribution is 2.45. The topological polar surface area (TPSA) is 38.8 Å². The molecule has 2 aliphatic heterocycles. The molecule has 34 heavy (non-hydrogen) atoms. The van der Waals surface area contributed by atoms with Crippen LogP contribution in [0.4, 0.5) is 9.18 Å². The number of amides is 1. The van der Waals surface area contributed by atoms with Crippen molar-refractivity contribution in [2.45, 2.75) is 37.3 Å². The molecule has 6 rings (SSSR count). The van der Waals surface area contributed by atoms with E-state index in [4.69, 9.17) is 9.47 Å². The highest BCUT2D eigenvalue weighted by molar-refractivity contribution is 5.79. The summed E-state index contributed by atoms with van der Waals surface area (Å²) in [4.78, 5) is 15.1. The summed E-state index contributed by atoms with van der Waals surface area (Å²) < 4.78 is 25.2. The zero-order valence-corrected chi connectivity index (χ0v) is 19.0. The molecule has 3 aromatic carbocycles. The number of carbonyl (C=O) groups is 1. The number of fused-ring (bicyclic) bond motifs is 5. The van der Waals surface area contributed by atoms with E-state index < -0.39 is 0 Å². The number of methoxy groups -OCH3 is 1. The quantitative estimate of drug-likeness (QED) is 0.457. The highest BCUT2D eigenvalue weighted by Gasteiger charge is 2.41. The molecule has 0 spiro atoms. The van der Waals surface area contributed by atoms with E-state index in [1.165, 1.54) is 41.5 Å². The van der Waals surface area contributed by atoms with Crippen molar-refractivity contribution in [3.8, 4) is 16.9 Å². The summed E-state index contributed by atoms with van der Waals surface area (Å²) in [7, 11) is 1.54. The van der Waals surface area contributed by atoms with Crippen molar-refractivity contribution in [1.82, 2.24) is 4.90 Å². The van der Waals surface area contributed by atoms with Crippen LogP contribution in [0.25, 0.3) is 16.7 Å². The molecule has 172 valence electrons. The minimum Gasteiger partial charge on any atom is -0.497 e. The summed E-state index contributed by atoms with van der Waals surface area (Å²) in [5.74, 6) is 0.230. The van der Waals surface area contributed by atoms with Gasteiger partial charge in [0.15, 0.2) is 0 Å². The second kappa shape index (κ2) is 8.32. The molecule has 1 amide bonds. The Kier molecular flexibility index (Phi) is 5.13. The summed E-state index contributed by atoms with van der Waals surface area (Å²) in [6, 6.07) is 21.5. The molecule has 3 aliphatic rings. The van der Waals surface area contributed by atoms with Crippen LogP contribution >= 0.6 is 0 Å². The predicted molar refractivity (Wildman–Crippen MR) is 129 cm³/mol. The fraction of sp³-hybridized carbons (Fsp3) is 0.276. The largest absolute Gasteiger partial charge is 0.497 e. The lowest BCUT2D eigenvalue weighted by Crippen LogP contribution is -2.43. The van der Waals surface area contributed by atoms with Gasteiger partial charge in [-0.3, -0.25) is 4.90 Å². The molecule has 2 atom stereocenters. The minimum absolute atomic E-state index is 0.0290. The standard InChI is InChI=1S/C29H26FNO3/c1-33-23-15-18(12-20(30)16-23)19-13-21-10-11-22(14-19)31(21)29(32)34-17-28-26-8-4-2-6-24(26)25-7-3-5-9-27(25)28/h2-9,12-13,15-16,21-22,28H,10-11,14,17H2,1H3. The zero-order chi connectivity index (χ0) is 23.2. The lowest BCUT2D eigenvalue weighted by Gasteiger charge is -2.33. The fourth-order valence-electron chi connectivity index (χ4n) is 5.86. The van der Waals surface area contributed by atoms with Crippen molar-refractivity contribution in [1.29, 1.82) is 0 Å². The smallest absolute Gasteiger partial charge is 0.410 e. The van der Waals surface area contributed by atoms with Crippen LogP contribution in [0.3, 0.4) is 0 Å². The van der Waals surface area contributed by atoms with Gasteiger partial charge in [0, 0.05) is 18.0 Å². The molecule has 0 N–H and O–H groups in total. The van der Waals surface area contributed by atoms with Gasteiger partial charge >= 0.3 is 6.09 Å². The van der Waals surface area contributed by atoms with E-state index in [1.54, 1.807) is 0 Å². The number of hydrogen-bond donors (Lipinski definition) is 0. The number of benzene rings is 3. The maximum atomic E-state index is 14.1. The van der Waals surface area contributed by atoms with Crippen LogP contribution in [0, 0.1) is 5.82 Å². The normalized spacial score (nSPS) is 20.5. The summed E-state index contributed by atoms with van der Waals surface area (Å²) in [5, 5.41) is 0. The molecule has 5 heteroatoms. The summed E-state index contributed by atoms with van der Waals surface area (Å²) in [5.41, 5.74) is 6.74. The van der Waals surface area contributed by atoms with Crippen LogP contribution in [0.5, 0.6) is 5.75 Å². The maximum Gasteiger partial charge on any atom is 0.410 e. The fourth-order valence-corrected chi connectivity index (χ4v) is 5.86. The first kappa shape index (κ1) is 21.0. The summed E-state index contributed by atoms with van der Waals surface area (Å²) >= 11 is 0. The Morgan fingerprint density at radius 3 is 2.38 bits per heavy atom. The molecular formula is C29H26FNO3. The second-order valence-corrected chi connectivity index (χ2v) is 9.29. The van der Waals surface area contributed by atoms with Gasteiger partial charge in [-0.15, -0.1) is 0 Å². The number of hydrogen-bond acceptors (Lipinski definition) is 3. The molecule has 2 bridgehead atoms. The van der Waals surface area contributed by atoms with Crippen LogP contribution in [0.15, 0.2) is 72.8 Å². The van der Waals surface area contributed by atoms with E-state index in [1.807, 2.05) is 35.2 Å². The van der Waals surface area contributed by atoms with Crippen LogP contribution in [-0.2, 0) is 4.74 Å². The molecule has 1 aliphatic carbocycles. The van der Waals surface area contributed by atoms with E-state index in [0.717, 1.165) is 24.0 Å². The van der Waals surface area contributed by atoms with Gasteiger partial charge in [-0.05, 0) is 64.8 Å². The summed E-state index contributed by atoms with van der Waals surface area (Å²) in [6.07, 6.45) is 4.33. The molecule has 0 saturated carbocycles. The first-order valence-electron chi connectivity index (χ1n) is 11.8. The Labute approximate surface area is 198 Å². The third-order valence-corrected chi connectivity index (χ3v) is 7.42. The maximum absolute atomic E-state index is 14.1. The molecule has 3 aromatic rings. The van der Waals surface area contributed by atoms with Gasteiger partial charge in [-0.2, -0.15) is 0 Å². The van der Waals surface area contributed by atoms with Crippen LogP contribution in [0.2, 0.25) is 0 Å². The third-order valence-electron chi connectivity index (χ3n) is 7.42. The molecule has 1 fully saturated rings. The molecule has 0 aromatic heterocycles. The van der Waals surface area contributed by atoms with Gasteiger partial charge < -0.3 is 9.47 Å². The van der Waals surface area contributed by atoms with Gasteiger partial charge in [-0.25, -0.2) is 9.18 Å². The molecule has 2 heterocycles. The Bertz CT molecular complexity index is 1250. The SMILES string of the molecule is COc1cc(F)cc(C2=CC3CCC(C2)N3C(=O)OCC2c3ccccc3-c3ccccc32)c1. The van der Waals surface area contributed by atoms with Crippen LogP contribution in [-0.4, -0.2) is 36.8 Å².